The number of esters is 1. The number of methoxy groups -OCH3 is 3. The number of aryl methyl sites for hydroxylation is 1. The highest BCUT2D eigenvalue weighted by Crippen LogP contribution is 2.38. The van der Waals surface area contributed by atoms with Gasteiger partial charge in [0, 0.05) is 18.0 Å². The fourth-order valence-electron chi connectivity index (χ4n) is 4.73. The lowest BCUT2D eigenvalue weighted by Crippen LogP contribution is -2.16. The Morgan fingerprint density at radius 2 is 1.47 bits per heavy atom. The van der Waals surface area contributed by atoms with E-state index >= 15 is 0 Å². The zero-order valence-electron chi connectivity index (χ0n) is 28.6. The quantitative estimate of drug-likeness (QED) is 0.172. The molecule has 0 radical (unpaired) electrons. The van der Waals surface area contributed by atoms with Gasteiger partial charge in [-0.05, 0) is 91.1 Å². The molecular formula is C37H51ClO7. The molecule has 8 heteroatoms. The molecule has 3 aromatic carbocycles. The van der Waals surface area contributed by atoms with Crippen LogP contribution in [0.1, 0.15) is 94.7 Å². The number of ketones is 1. The first-order valence-corrected chi connectivity index (χ1v) is 15.8. The molecule has 0 bridgehead atoms. The van der Waals surface area contributed by atoms with E-state index in [1.165, 1.54) is 25.0 Å². The first-order valence-electron chi connectivity index (χ1n) is 15.4. The molecular weight excluding hydrogens is 592 g/mol. The Kier molecular flexibility index (Phi) is 18.6. The molecule has 0 aliphatic carbocycles. The predicted molar refractivity (Wildman–Crippen MR) is 182 cm³/mol. The third-order valence-corrected chi connectivity index (χ3v) is 7.41. The van der Waals surface area contributed by atoms with Crippen LogP contribution >= 0.6 is 11.6 Å². The molecule has 7 nitrogen and oxygen atoms in total. The third kappa shape index (κ3) is 12.8. The molecule has 0 saturated heterocycles. The normalized spacial score (nSPS) is 11.5. The molecule has 0 fully saturated rings. The Morgan fingerprint density at radius 1 is 0.778 bits per heavy atom. The van der Waals surface area contributed by atoms with E-state index < -0.39 is 0 Å². The van der Waals surface area contributed by atoms with Crippen LogP contribution in [0.5, 0.6) is 17.2 Å². The summed E-state index contributed by atoms with van der Waals surface area (Å²) in [6.07, 6.45) is 2.42. The number of halogens is 1. The third-order valence-electron chi connectivity index (χ3n) is 7.18. The lowest BCUT2D eigenvalue weighted by molar-refractivity contribution is -0.140. The van der Waals surface area contributed by atoms with E-state index in [1.807, 2.05) is 48.5 Å². The number of ether oxygens (including phenoxy) is 5. The van der Waals surface area contributed by atoms with Gasteiger partial charge in [0.05, 0.1) is 27.9 Å². The Bertz CT molecular complexity index is 1340. The molecule has 1 unspecified atom stereocenters. The maximum absolute atomic E-state index is 11.7. The zero-order chi connectivity index (χ0) is 33.9. The van der Waals surface area contributed by atoms with Crippen molar-refractivity contribution in [3.05, 3.63) is 87.4 Å². The molecule has 0 amide bonds. The van der Waals surface area contributed by atoms with E-state index in [0.29, 0.717) is 17.5 Å². The summed E-state index contributed by atoms with van der Waals surface area (Å²) in [4.78, 5) is 21.5. The molecule has 248 valence electrons. The minimum atomic E-state index is -0.373. The van der Waals surface area contributed by atoms with Crippen molar-refractivity contribution >= 4 is 23.4 Å². The summed E-state index contributed by atoms with van der Waals surface area (Å²) >= 11 is 6.34. The van der Waals surface area contributed by atoms with Gasteiger partial charge in [0.2, 0.25) is 0 Å². The van der Waals surface area contributed by atoms with Crippen molar-refractivity contribution < 1.29 is 33.3 Å². The number of rotatable bonds is 13. The van der Waals surface area contributed by atoms with Crippen molar-refractivity contribution in [1.82, 2.24) is 0 Å². The number of hydrogen-bond acceptors (Lipinski definition) is 7. The predicted octanol–water partition coefficient (Wildman–Crippen LogP) is 8.96. The second-order valence-corrected chi connectivity index (χ2v) is 10.7. The molecule has 0 heterocycles. The summed E-state index contributed by atoms with van der Waals surface area (Å²) in [5, 5.41) is 0.662. The number of Topliss-reactive ketones (excluding diaryl/α,β-unsaturated/α-hetero) is 1. The van der Waals surface area contributed by atoms with Crippen molar-refractivity contribution in [2.75, 3.05) is 34.5 Å². The van der Waals surface area contributed by atoms with Gasteiger partial charge in [0.1, 0.15) is 30.0 Å². The van der Waals surface area contributed by atoms with Gasteiger partial charge in [0.25, 0.3) is 0 Å². The monoisotopic (exact) mass is 642 g/mol. The van der Waals surface area contributed by atoms with Crippen LogP contribution in [0, 0.1) is 0 Å². The van der Waals surface area contributed by atoms with E-state index in [9.17, 15) is 9.59 Å². The summed E-state index contributed by atoms with van der Waals surface area (Å²) in [6, 6.07) is 17.8. The minimum Gasteiger partial charge on any atom is -0.497 e. The van der Waals surface area contributed by atoms with Gasteiger partial charge in [-0.1, -0.05) is 63.6 Å². The second-order valence-electron chi connectivity index (χ2n) is 10.3. The molecule has 0 aromatic heterocycles. The van der Waals surface area contributed by atoms with Crippen molar-refractivity contribution in [2.24, 2.45) is 0 Å². The van der Waals surface area contributed by atoms with Crippen molar-refractivity contribution in [1.29, 1.82) is 0 Å². The minimum absolute atomic E-state index is 0.00642. The van der Waals surface area contributed by atoms with Crippen LogP contribution in [0.3, 0.4) is 0 Å². The van der Waals surface area contributed by atoms with Crippen molar-refractivity contribution in [3.63, 3.8) is 0 Å². The molecule has 3 aromatic rings. The molecule has 0 spiro atoms. The molecule has 0 saturated carbocycles. The van der Waals surface area contributed by atoms with Gasteiger partial charge in [-0.3, -0.25) is 9.59 Å². The molecule has 3 rings (SSSR count). The summed E-state index contributed by atoms with van der Waals surface area (Å²) < 4.78 is 26.4. The maximum Gasteiger partial charge on any atom is 0.302 e. The van der Waals surface area contributed by atoms with Crippen molar-refractivity contribution in [2.45, 2.75) is 79.8 Å². The van der Waals surface area contributed by atoms with Crippen LogP contribution < -0.4 is 14.2 Å². The Labute approximate surface area is 275 Å². The number of carbonyl (C=O) groups is 2. The lowest BCUT2D eigenvalue weighted by Gasteiger charge is -2.26. The Morgan fingerprint density at radius 3 is 1.96 bits per heavy atom. The van der Waals surface area contributed by atoms with Crippen LogP contribution in [-0.4, -0.2) is 46.3 Å². The number of carbonyl (C=O) groups excluding carboxylic acids is 2. The summed E-state index contributed by atoms with van der Waals surface area (Å²) in [7, 11) is 5.00. The van der Waals surface area contributed by atoms with E-state index in [2.05, 4.69) is 38.5 Å². The summed E-state index contributed by atoms with van der Waals surface area (Å²) in [5.41, 5.74) is 5.52. The molecule has 2 atom stereocenters. The van der Waals surface area contributed by atoms with Gasteiger partial charge in [-0.2, -0.15) is 0 Å². The number of hydrogen-bond donors (Lipinski definition) is 0. The zero-order valence-corrected chi connectivity index (χ0v) is 29.4. The molecule has 45 heavy (non-hydrogen) atoms. The average molecular weight is 643 g/mol. The van der Waals surface area contributed by atoms with Gasteiger partial charge in [-0.25, -0.2) is 0 Å². The van der Waals surface area contributed by atoms with Gasteiger partial charge in [-0.15, -0.1) is 0 Å². The van der Waals surface area contributed by atoms with Gasteiger partial charge < -0.3 is 23.7 Å². The molecule has 0 N–H and O–H groups in total. The Hall–Kier alpha value is -3.55. The van der Waals surface area contributed by atoms with Crippen LogP contribution in [0.4, 0.5) is 0 Å². The summed E-state index contributed by atoms with van der Waals surface area (Å²) in [5.74, 6) is 2.71. The first kappa shape index (κ1) is 39.5. The van der Waals surface area contributed by atoms with Crippen LogP contribution in [0.2, 0.25) is 5.02 Å². The van der Waals surface area contributed by atoms with E-state index in [-0.39, 0.29) is 24.5 Å². The SMILES string of the molecule is CCOC(C)=O.CCc1c(OC)cccc1[C@@H](OCC(C)=O)c1cc(Cl)ccc1C(C)CC.CCc1ccc(OC)cc1OC. The van der Waals surface area contributed by atoms with Crippen LogP contribution in [0.25, 0.3) is 0 Å². The van der Waals surface area contributed by atoms with Crippen LogP contribution in [0.15, 0.2) is 54.6 Å². The largest absolute Gasteiger partial charge is 0.497 e. The fraction of sp³-hybridized carbons (Fsp3) is 0.459. The summed E-state index contributed by atoms with van der Waals surface area (Å²) in [6.45, 7) is 13.8. The van der Waals surface area contributed by atoms with Gasteiger partial charge in [0.15, 0.2) is 5.78 Å². The molecule has 0 aliphatic rings. The van der Waals surface area contributed by atoms with Crippen LogP contribution in [-0.2, 0) is 31.9 Å². The van der Waals surface area contributed by atoms with Crippen molar-refractivity contribution in [3.8, 4) is 17.2 Å². The number of benzene rings is 3. The highest BCUT2D eigenvalue weighted by Gasteiger charge is 2.25. The maximum atomic E-state index is 11.7. The molecule has 0 aliphatic heterocycles. The van der Waals surface area contributed by atoms with E-state index in [4.69, 9.17) is 30.5 Å². The van der Waals surface area contributed by atoms with E-state index in [1.54, 1.807) is 28.3 Å². The fourth-order valence-corrected chi connectivity index (χ4v) is 4.91. The first-order chi connectivity index (χ1) is 21.5. The smallest absolute Gasteiger partial charge is 0.302 e. The Balaban J connectivity index is 0.000000461. The average Bonchev–Trinajstić information content (AvgIpc) is 3.04. The highest BCUT2D eigenvalue weighted by molar-refractivity contribution is 6.30. The lowest BCUT2D eigenvalue weighted by atomic mass is 9.87. The second kappa shape index (κ2) is 21.2. The van der Waals surface area contributed by atoms with Gasteiger partial charge >= 0.3 is 5.97 Å². The topological polar surface area (TPSA) is 80.3 Å². The standard InChI is InChI=1S/C23H29ClO3.C10H14O2.C4H8O2/c1-6-15(3)19-12-11-17(24)13-21(19)23(27-14-16(4)25)20-9-8-10-22(26-5)18(20)7-2;1-4-8-5-6-9(11-2)7-10(8)12-3;1-3-6-4(2)5/h8-13,15,23H,6-7,14H2,1-5H3;5-7H,4H2,1-3H3;3H2,1-2H3/t15?,23-;;/m1../s1. The highest BCUT2D eigenvalue weighted by atomic mass is 35.5. The van der Waals surface area contributed by atoms with E-state index in [0.717, 1.165) is 53.2 Å².